The van der Waals surface area contributed by atoms with E-state index in [1.807, 2.05) is 30.3 Å². The highest BCUT2D eigenvalue weighted by molar-refractivity contribution is 5.94. The largest absolute Gasteiger partial charge is 0.365 e. The minimum absolute atomic E-state index is 0.0418. The Bertz CT molecular complexity index is 723. The molecule has 6 nitrogen and oxygen atoms in total. The first kappa shape index (κ1) is 15.3. The van der Waals surface area contributed by atoms with E-state index in [4.69, 9.17) is 5.73 Å². The maximum atomic E-state index is 11.8. The average molecular weight is 312 g/mol. The van der Waals surface area contributed by atoms with E-state index in [1.165, 1.54) is 0 Å². The molecular formula is C17H20N4O2. The Hall–Kier alpha value is -2.63. The van der Waals surface area contributed by atoms with Gasteiger partial charge in [-0.15, -0.1) is 0 Å². The van der Waals surface area contributed by atoms with Gasteiger partial charge in [0.15, 0.2) is 0 Å². The van der Waals surface area contributed by atoms with Gasteiger partial charge in [-0.3, -0.25) is 9.59 Å². The molecule has 1 atom stereocenters. The highest BCUT2D eigenvalue weighted by Gasteiger charge is 2.28. The lowest BCUT2D eigenvalue weighted by Gasteiger charge is -2.31. The zero-order chi connectivity index (χ0) is 16.4. The number of nitrogens with zero attached hydrogens (tertiary/aromatic N) is 3. The van der Waals surface area contributed by atoms with Gasteiger partial charge in [-0.1, -0.05) is 18.2 Å². The molecule has 1 aromatic carbocycles. The lowest BCUT2D eigenvalue weighted by molar-refractivity contribution is -0.130. The summed E-state index contributed by atoms with van der Waals surface area (Å²) in [6, 6.07) is 9.60. The minimum Gasteiger partial charge on any atom is -0.365 e. The third kappa shape index (κ3) is 3.11. The molecule has 2 aromatic rings. The van der Waals surface area contributed by atoms with E-state index in [9.17, 15) is 9.59 Å². The fraction of sp³-hybridized carbons (Fsp3) is 0.353. The molecule has 2 heterocycles. The highest BCUT2D eigenvalue weighted by atomic mass is 16.2. The van der Waals surface area contributed by atoms with E-state index in [0.717, 1.165) is 25.1 Å². The third-order valence-electron chi connectivity index (χ3n) is 4.28. The standard InChI is InChI=1S/C17H20N4O2/c1-12(22)20-9-5-6-13(10-20)16-15(17(18)23)11-21(19-16)14-7-3-2-4-8-14/h2-4,7-8,11,13H,5-6,9-10H2,1H3,(H2,18,23)/t13-/m1/s1. The molecule has 2 amide bonds. The van der Waals surface area contributed by atoms with Gasteiger partial charge in [0.1, 0.15) is 0 Å². The predicted molar refractivity (Wildman–Crippen MR) is 86.3 cm³/mol. The SMILES string of the molecule is CC(=O)N1CCC[C@@H](c2nn(-c3ccccc3)cc2C(N)=O)C1. The quantitative estimate of drug-likeness (QED) is 0.936. The van der Waals surface area contributed by atoms with E-state index in [2.05, 4.69) is 5.10 Å². The van der Waals surface area contributed by atoms with Gasteiger partial charge in [-0.05, 0) is 25.0 Å². The van der Waals surface area contributed by atoms with E-state index < -0.39 is 5.91 Å². The van der Waals surface area contributed by atoms with E-state index in [1.54, 1.807) is 22.7 Å². The molecule has 23 heavy (non-hydrogen) atoms. The molecule has 120 valence electrons. The van der Waals surface area contributed by atoms with Gasteiger partial charge in [0.25, 0.3) is 5.91 Å². The Balaban J connectivity index is 1.96. The molecule has 1 saturated heterocycles. The number of para-hydroxylation sites is 1. The van der Waals surface area contributed by atoms with Crippen molar-refractivity contribution >= 4 is 11.8 Å². The summed E-state index contributed by atoms with van der Waals surface area (Å²) in [7, 11) is 0. The molecule has 3 rings (SSSR count). The molecule has 0 spiro atoms. The third-order valence-corrected chi connectivity index (χ3v) is 4.28. The van der Waals surface area contributed by atoms with Crippen molar-refractivity contribution < 1.29 is 9.59 Å². The van der Waals surface area contributed by atoms with Crippen LogP contribution < -0.4 is 5.73 Å². The Kier molecular flexibility index (Phi) is 4.14. The number of benzene rings is 1. The summed E-state index contributed by atoms with van der Waals surface area (Å²) in [5, 5.41) is 4.60. The van der Waals surface area contributed by atoms with Gasteiger partial charge < -0.3 is 10.6 Å². The number of amides is 2. The zero-order valence-electron chi connectivity index (χ0n) is 13.1. The van der Waals surface area contributed by atoms with Gasteiger partial charge in [0, 0.05) is 32.1 Å². The first-order valence-electron chi connectivity index (χ1n) is 7.76. The van der Waals surface area contributed by atoms with Gasteiger partial charge in [-0.2, -0.15) is 5.10 Å². The van der Waals surface area contributed by atoms with Gasteiger partial charge in [0.2, 0.25) is 5.91 Å². The second-order valence-corrected chi connectivity index (χ2v) is 5.88. The molecule has 0 bridgehead atoms. The van der Waals surface area contributed by atoms with Crippen LogP contribution >= 0.6 is 0 Å². The Morgan fingerprint density at radius 2 is 2.00 bits per heavy atom. The molecule has 1 aliphatic rings. The van der Waals surface area contributed by atoms with Crippen LogP contribution in [0.2, 0.25) is 0 Å². The summed E-state index contributed by atoms with van der Waals surface area (Å²) in [5.74, 6) is -0.389. The van der Waals surface area contributed by atoms with Crippen molar-refractivity contribution in [3.63, 3.8) is 0 Å². The molecule has 0 radical (unpaired) electrons. The molecule has 0 saturated carbocycles. The Morgan fingerprint density at radius 3 is 2.65 bits per heavy atom. The summed E-state index contributed by atoms with van der Waals surface area (Å²) in [5.41, 5.74) is 7.53. The number of aromatic nitrogens is 2. The summed E-state index contributed by atoms with van der Waals surface area (Å²) < 4.78 is 1.68. The lowest BCUT2D eigenvalue weighted by Crippen LogP contribution is -2.38. The molecule has 2 N–H and O–H groups in total. The number of nitrogens with two attached hydrogens (primary N) is 1. The second-order valence-electron chi connectivity index (χ2n) is 5.88. The summed E-state index contributed by atoms with van der Waals surface area (Å²) in [6.07, 6.45) is 3.48. The number of hydrogen-bond acceptors (Lipinski definition) is 3. The first-order valence-corrected chi connectivity index (χ1v) is 7.76. The monoisotopic (exact) mass is 312 g/mol. The minimum atomic E-state index is -0.484. The van der Waals surface area contributed by atoms with Crippen LogP contribution in [-0.2, 0) is 4.79 Å². The van der Waals surface area contributed by atoms with Crippen molar-refractivity contribution in [2.24, 2.45) is 5.73 Å². The number of piperidine rings is 1. The van der Waals surface area contributed by atoms with Crippen LogP contribution in [-0.4, -0.2) is 39.6 Å². The molecule has 0 unspecified atom stereocenters. The topological polar surface area (TPSA) is 81.2 Å². The summed E-state index contributed by atoms with van der Waals surface area (Å²) in [6.45, 7) is 2.92. The molecule has 1 fully saturated rings. The lowest BCUT2D eigenvalue weighted by atomic mass is 9.92. The fourth-order valence-electron chi connectivity index (χ4n) is 3.08. The number of rotatable bonds is 3. The highest BCUT2D eigenvalue weighted by Crippen LogP contribution is 2.29. The van der Waals surface area contributed by atoms with Crippen molar-refractivity contribution in [1.29, 1.82) is 0 Å². The van der Waals surface area contributed by atoms with Crippen LogP contribution in [0.3, 0.4) is 0 Å². The fourth-order valence-corrected chi connectivity index (χ4v) is 3.08. The number of primary amides is 1. The van der Waals surface area contributed by atoms with Crippen molar-refractivity contribution in [2.75, 3.05) is 13.1 Å². The van der Waals surface area contributed by atoms with Crippen LogP contribution in [0.4, 0.5) is 0 Å². The Morgan fingerprint density at radius 1 is 1.26 bits per heavy atom. The maximum absolute atomic E-state index is 11.8. The van der Waals surface area contributed by atoms with Gasteiger partial charge >= 0.3 is 0 Å². The number of likely N-dealkylation sites (tertiary alicyclic amines) is 1. The molecular weight excluding hydrogens is 292 g/mol. The smallest absolute Gasteiger partial charge is 0.252 e. The van der Waals surface area contributed by atoms with Crippen molar-refractivity contribution in [3.8, 4) is 5.69 Å². The first-order chi connectivity index (χ1) is 11.1. The van der Waals surface area contributed by atoms with Crippen molar-refractivity contribution in [3.05, 3.63) is 47.8 Å². The van der Waals surface area contributed by atoms with E-state index in [0.29, 0.717) is 17.8 Å². The predicted octanol–water partition coefficient (Wildman–Crippen LogP) is 1.70. The van der Waals surface area contributed by atoms with Crippen LogP contribution in [0.1, 0.15) is 41.7 Å². The normalized spacial score (nSPS) is 18.0. The van der Waals surface area contributed by atoms with Crippen molar-refractivity contribution in [2.45, 2.75) is 25.7 Å². The number of carbonyl (C=O) groups excluding carboxylic acids is 2. The average Bonchev–Trinajstić information content (AvgIpc) is 3.01. The molecule has 0 aliphatic carbocycles. The number of carbonyl (C=O) groups is 2. The van der Waals surface area contributed by atoms with Crippen LogP contribution in [0.15, 0.2) is 36.5 Å². The van der Waals surface area contributed by atoms with Crippen molar-refractivity contribution in [1.82, 2.24) is 14.7 Å². The zero-order valence-corrected chi connectivity index (χ0v) is 13.1. The number of hydrogen-bond donors (Lipinski definition) is 1. The second kappa shape index (κ2) is 6.24. The van der Waals surface area contributed by atoms with Crippen LogP contribution in [0.25, 0.3) is 5.69 Å². The van der Waals surface area contributed by atoms with E-state index >= 15 is 0 Å². The van der Waals surface area contributed by atoms with Gasteiger partial charge in [0.05, 0.1) is 16.9 Å². The van der Waals surface area contributed by atoms with Crippen LogP contribution in [0.5, 0.6) is 0 Å². The molecule has 1 aliphatic heterocycles. The van der Waals surface area contributed by atoms with Gasteiger partial charge in [-0.25, -0.2) is 4.68 Å². The molecule has 1 aromatic heterocycles. The Labute approximate surface area is 134 Å². The summed E-state index contributed by atoms with van der Waals surface area (Å²) in [4.78, 5) is 25.2. The molecule has 6 heteroatoms. The maximum Gasteiger partial charge on any atom is 0.252 e. The van der Waals surface area contributed by atoms with Crippen LogP contribution in [0, 0.1) is 0 Å². The summed E-state index contributed by atoms with van der Waals surface area (Å²) >= 11 is 0. The van der Waals surface area contributed by atoms with E-state index in [-0.39, 0.29) is 11.8 Å².